The van der Waals surface area contributed by atoms with Crippen LogP contribution in [0, 0.1) is 0 Å². The molecule has 0 amide bonds. The third kappa shape index (κ3) is 3.38. The summed E-state index contributed by atoms with van der Waals surface area (Å²) in [7, 11) is -1.10. The van der Waals surface area contributed by atoms with E-state index in [1.54, 1.807) is 18.6 Å². The second-order valence-electron chi connectivity index (χ2n) is 7.95. The van der Waals surface area contributed by atoms with E-state index in [1.165, 1.54) is 0 Å². The van der Waals surface area contributed by atoms with Crippen LogP contribution in [0.15, 0.2) is 29.6 Å². The SMILES string of the molecule is O=S1CCN(C2(CO)CCC2)c2nc(N3CC=C(c4ncc(Cl)cn4)CC3)ncc21. The Labute approximate surface area is 182 Å². The fourth-order valence-electron chi connectivity index (χ4n) is 4.34. The molecule has 0 radical (unpaired) electrons. The smallest absolute Gasteiger partial charge is 0.227 e. The maximum absolute atomic E-state index is 12.6. The van der Waals surface area contributed by atoms with Crippen LogP contribution in [0.3, 0.4) is 0 Å². The van der Waals surface area contributed by atoms with Gasteiger partial charge in [-0.2, -0.15) is 4.98 Å². The highest BCUT2D eigenvalue weighted by Crippen LogP contribution is 2.43. The Hall–Kier alpha value is -2.10. The molecule has 2 aromatic heterocycles. The Kier molecular flexibility index (Phi) is 5.20. The summed E-state index contributed by atoms with van der Waals surface area (Å²) in [5, 5.41) is 10.6. The molecule has 3 aliphatic rings. The van der Waals surface area contributed by atoms with Crippen LogP contribution in [0.1, 0.15) is 31.5 Å². The van der Waals surface area contributed by atoms with Crippen molar-refractivity contribution < 1.29 is 9.32 Å². The minimum atomic E-state index is -1.10. The molecule has 1 aliphatic carbocycles. The van der Waals surface area contributed by atoms with Gasteiger partial charge in [-0.1, -0.05) is 17.7 Å². The molecule has 1 N–H and O–H groups in total. The molecule has 8 nitrogen and oxygen atoms in total. The summed E-state index contributed by atoms with van der Waals surface area (Å²) >= 11 is 5.88. The number of hydrogen-bond donors (Lipinski definition) is 1. The lowest BCUT2D eigenvalue weighted by atomic mass is 9.76. The normalized spacial score (nSPS) is 22.9. The van der Waals surface area contributed by atoms with Crippen LogP contribution in [-0.2, 0) is 10.8 Å². The van der Waals surface area contributed by atoms with E-state index >= 15 is 0 Å². The number of rotatable bonds is 4. The van der Waals surface area contributed by atoms with Crippen LogP contribution in [0.2, 0.25) is 5.02 Å². The predicted octanol–water partition coefficient (Wildman–Crippen LogP) is 2.06. The molecule has 1 fully saturated rings. The zero-order valence-electron chi connectivity index (χ0n) is 16.5. The van der Waals surface area contributed by atoms with E-state index in [-0.39, 0.29) is 12.1 Å². The van der Waals surface area contributed by atoms with Crippen molar-refractivity contribution in [2.24, 2.45) is 0 Å². The summed E-state index contributed by atoms with van der Waals surface area (Å²) in [6, 6.07) is 0. The Balaban J connectivity index is 1.41. The third-order valence-electron chi connectivity index (χ3n) is 6.28. The first kappa shape index (κ1) is 19.8. The molecule has 0 aromatic carbocycles. The second kappa shape index (κ2) is 7.86. The van der Waals surface area contributed by atoms with Gasteiger partial charge in [-0.25, -0.2) is 15.0 Å². The highest BCUT2D eigenvalue weighted by Gasteiger charge is 2.45. The molecular formula is C20H23ClN6O2S. The molecule has 0 spiro atoms. The van der Waals surface area contributed by atoms with Crippen molar-refractivity contribution in [3.63, 3.8) is 0 Å². The summed E-state index contributed by atoms with van der Waals surface area (Å²) in [6.07, 6.45) is 10.7. The van der Waals surface area contributed by atoms with Gasteiger partial charge in [0, 0.05) is 37.8 Å². The fourth-order valence-corrected chi connectivity index (χ4v) is 5.54. The Bertz CT molecular complexity index is 1010. The Morgan fingerprint density at radius 3 is 2.60 bits per heavy atom. The van der Waals surface area contributed by atoms with Gasteiger partial charge in [-0.15, -0.1) is 0 Å². The van der Waals surface area contributed by atoms with Crippen molar-refractivity contribution in [2.45, 2.75) is 36.1 Å². The van der Waals surface area contributed by atoms with Gasteiger partial charge in [-0.3, -0.25) is 4.21 Å². The molecular weight excluding hydrogens is 424 g/mol. The molecule has 5 rings (SSSR count). The van der Waals surface area contributed by atoms with Gasteiger partial charge in [0.05, 0.1) is 39.1 Å². The van der Waals surface area contributed by atoms with Gasteiger partial charge < -0.3 is 14.9 Å². The average Bonchev–Trinajstić information content (AvgIpc) is 2.75. The van der Waals surface area contributed by atoms with Crippen LogP contribution in [0.25, 0.3) is 5.57 Å². The Morgan fingerprint density at radius 2 is 1.97 bits per heavy atom. The zero-order valence-corrected chi connectivity index (χ0v) is 18.1. The monoisotopic (exact) mass is 446 g/mol. The summed E-state index contributed by atoms with van der Waals surface area (Å²) in [5.74, 6) is 2.59. The molecule has 1 unspecified atom stereocenters. The molecule has 4 heterocycles. The van der Waals surface area contributed by atoms with Gasteiger partial charge in [0.15, 0.2) is 11.6 Å². The maximum atomic E-state index is 12.6. The summed E-state index contributed by atoms with van der Waals surface area (Å²) in [5.41, 5.74) is 0.809. The average molecular weight is 447 g/mol. The fraction of sp³-hybridized carbons (Fsp3) is 0.500. The standard InChI is InChI=1S/C20H23ClN6O2S/c21-15-10-22-17(23-11-15)14-2-6-26(7-3-14)19-24-12-16-18(25-19)27(8-9-30(16)29)20(13-28)4-1-5-20/h2,10-12,28H,1,3-9,13H2. The number of hydrogen-bond acceptors (Lipinski definition) is 8. The van der Waals surface area contributed by atoms with Crippen molar-refractivity contribution in [3.8, 4) is 0 Å². The molecule has 0 saturated heterocycles. The molecule has 0 bridgehead atoms. The number of nitrogens with zero attached hydrogens (tertiary/aromatic N) is 6. The van der Waals surface area contributed by atoms with Crippen molar-refractivity contribution in [2.75, 3.05) is 41.8 Å². The molecule has 2 aliphatic heterocycles. The highest BCUT2D eigenvalue weighted by atomic mass is 35.5. The summed E-state index contributed by atoms with van der Waals surface area (Å²) in [6.45, 7) is 2.13. The first-order valence-corrected chi connectivity index (χ1v) is 11.9. The zero-order chi connectivity index (χ0) is 20.7. The minimum absolute atomic E-state index is 0.0926. The van der Waals surface area contributed by atoms with Crippen molar-refractivity contribution in [1.82, 2.24) is 19.9 Å². The second-order valence-corrected chi connectivity index (χ2v) is 9.92. The molecule has 30 heavy (non-hydrogen) atoms. The molecule has 1 saturated carbocycles. The van der Waals surface area contributed by atoms with E-state index in [4.69, 9.17) is 16.6 Å². The topological polar surface area (TPSA) is 95.3 Å². The first-order valence-electron chi connectivity index (χ1n) is 10.2. The van der Waals surface area contributed by atoms with E-state index in [9.17, 15) is 9.32 Å². The van der Waals surface area contributed by atoms with Gasteiger partial charge in [0.1, 0.15) is 0 Å². The predicted molar refractivity (Wildman–Crippen MR) is 116 cm³/mol. The summed E-state index contributed by atoms with van der Waals surface area (Å²) < 4.78 is 12.6. The maximum Gasteiger partial charge on any atom is 0.227 e. The number of aromatic nitrogens is 4. The molecule has 2 aromatic rings. The quantitative estimate of drug-likeness (QED) is 0.762. The number of fused-ring (bicyclic) bond motifs is 1. The molecule has 158 valence electrons. The summed E-state index contributed by atoms with van der Waals surface area (Å²) in [4.78, 5) is 22.9. The van der Waals surface area contributed by atoms with E-state index < -0.39 is 10.8 Å². The lowest BCUT2D eigenvalue weighted by molar-refractivity contribution is 0.115. The number of anilines is 2. The highest BCUT2D eigenvalue weighted by molar-refractivity contribution is 7.85. The van der Waals surface area contributed by atoms with Gasteiger partial charge in [0.25, 0.3) is 0 Å². The van der Waals surface area contributed by atoms with Crippen LogP contribution < -0.4 is 9.80 Å². The van der Waals surface area contributed by atoms with Crippen LogP contribution in [-0.4, -0.2) is 66.8 Å². The van der Waals surface area contributed by atoms with Crippen molar-refractivity contribution >= 4 is 39.7 Å². The molecule has 10 heteroatoms. The lowest BCUT2D eigenvalue weighted by Gasteiger charge is -2.51. The van der Waals surface area contributed by atoms with Crippen LogP contribution in [0.5, 0.6) is 0 Å². The third-order valence-corrected chi connectivity index (χ3v) is 7.80. The van der Waals surface area contributed by atoms with Gasteiger partial charge >= 0.3 is 0 Å². The number of aliphatic hydroxyl groups excluding tert-OH is 1. The van der Waals surface area contributed by atoms with E-state index in [0.717, 1.165) is 37.8 Å². The largest absolute Gasteiger partial charge is 0.394 e. The minimum Gasteiger partial charge on any atom is -0.394 e. The van der Waals surface area contributed by atoms with E-state index in [1.807, 2.05) is 0 Å². The first-order chi connectivity index (χ1) is 14.6. The van der Waals surface area contributed by atoms with Crippen LogP contribution >= 0.6 is 11.6 Å². The molecule has 1 atom stereocenters. The van der Waals surface area contributed by atoms with Crippen LogP contribution in [0.4, 0.5) is 11.8 Å². The van der Waals surface area contributed by atoms with Gasteiger partial charge in [0.2, 0.25) is 5.95 Å². The van der Waals surface area contributed by atoms with E-state index in [0.29, 0.717) is 46.4 Å². The number of aliphatic hydroxyl groups is 1. The van der Waals surface area contributed by atoms with Crippen molar-refractivity contribution in [1.29, 1.82) is 0 Å². The number of halogens is 1. The lowest BCUT2D eigenvalue weighted by Crippen LogP contribution is -2.59. The van der Waals surface area contributed by atoms with E-state index in [2.05, 4.69) is 30.8 Å². The van der Waals surface area contributed by atoms with Crippen molar-refractivity contribution in [3.05, 3.63) is 35.5 Å². The van der Waals surface area contributed by atoms with Gasteiger partial charge in [-0.05, 0) is 31.3 Å². The Morgan fingerprint density at radius 1 is 1.17 bits per heavy atom.